The maximum atomic E-state index is 2.56. The number of hydrogen-bond acceptors (Lipinski definition) is 2. The molecule has 36 heavy (non-hydrogen) atoms. The van der Waals surface area contributed by atoms with Gasteiger partial charge < -0.3 is 9.80 Å². The first-order valence-corrected chi connectivity index (χ1v) is 15.7. The lowest BCUT2D eigenvalue weighted by Gasteiger charge is -2.29. The van der Waals surface area contributed by atoms with E-state index in [2.05, 4.69) is 65.2 Å². The molecule has 0 amide bonds. The summed E-state index contributed by atoms with van der Waals surface area (Å²) in [7, 11) is 0. The van der Waals surface area contributed by atoms with E-state index in [1.165, 1.54) is 116 Å². The lowest BCUT2D eigenvalue weighted by Crippen LogP contribution is -2.35. The highest BCUT2D eigenvalue weighted by atomic mass is 15.2. The third-order valence-electron chi connectivity index (χ3n) is 8.93. The van der Waals surface area contributed by atoms with Crippen LogP contribution in [0.1, 0.15) is 160 Å². The van der Waals surface area contributed by atoms with E-state index in [9.17, 15) is 0 Å². The Kier molecular flexibility index (Phi) is 24.2. The van der Waals surface area contributed by atoms with Crippen molar-refractivity contribution in [3.05, 3.63) is 0 Å². The predicted molar refractivity (Wildman–Crippen MR) is 168 cm³/mol. The molecule has 4 rings (SSSR count). The molecule has 0 unspecified atom stereocenters. The van der Waals surface area contributed by atoms with E-state index in [1.807, 2.05) is 0 Å². The molecule has 2 heterocycles. The van der Waals surface area contributed by atoms with Gasteiger partial charge >= 0.3 is 0 Å². The molecule has 2 aliphatic heterocycles. The molecule has 2 aliphatic carbocycles. The van der Waals surface area contributed by atoms with Gasteiger partial charge in [0.25, 0.3) is 0 Å². The molecule has 220 valence electrons. The molecule has 2 heteroatoms. The van der Waals surface area contributed by atoms with Crippen molar-refractivity contribution in [2.24, 2.45) is 23.7 Å². The van der Waals surface area contributed by atoms with Crippen LogP contribution in [0.3, 0.4) is 0 Å². The van der Waals surface area contributed by atoms with Crippen LogP contribution in [0.2, 0.25) is 0 Å². The van der Waals surface area contributed by atoms with Gasteiger partial charge in [-0.25, -0.2) is 0 Å². The lowest BCUT2D eigenvalue weighted by atomic mass is 9.82. The zero-order chi connectivity index (χ0) is 25.3. The monoisotopic (exact) mass is 511 g/mol. The maximum Gasteiger partial charge on any atom is 0.00385 e. The first-order chi connectivity index (χ1) is 16.2. The van der Waals surface area contributed by atoms with Gasteiger partial charge in [-0.15, -0.1) is 0 Å². The molecule has 4 aliphatic rings. The number of hydrogen-bond donors (Lipinski definition) is 0. The molecule has 0 aromatic rings. The van der Waals surface area contributed by atoms with E-state index in [0.717, 1.165) is 35.8 Å². The highest BCUT2D eigenvalue weighted by Crippen LogP contribution is 2.30. The van der Waals surface area contributed by atoms with Crippen molar-refractivity contribution < 1.29 is 0 Å². The van der Waals surface area contributed by atoms with Crippen molar-refractivity contribution in [3.63, 3.8) is 0 Å². The Morgan fingerprint density at radius 3 is 0.861 bits per heavy atom. The molecule has 2 nitrogen and oxygen atoms in total. The molecule has 0 aromatic heterocycles. The second-order valence-electron chi connectivity index (χ2n) is 13.0. The van der Waals surface area contributed by atoms with Crippen molar-refractivity contribution in [2.45, 2.75) is 172 Å². The van der Waals surface area contributed by atoms with Crippen LogP contribution in [0.25, 0.3) is 0 Å². The summed E-state index contributed by atoms with van der Waals surface area (Å²) in [5.41, 5.74) is 0. The van der Waals surface area contributed by atoms with E-state index < -0.39 is 0 Å². The Balaban J connectivity index is 0. The van der Waals surface area contributed by atoms with Crippen molar-refractivity contribution in [3.8, 4) is 0 Å². The van der Waals surface area contributed by atoms with Crippen LogP contribution < -0.4 is 0 Å². The number of likely N-dealkylation sites (tertiary alicyclic amines) is 2. The van der Waals surface area contributed by atoms with Gasteiger partial charge in [0, 0.05) is 12.1 Å². The largest absolute Gasteiger partial charge is 0.301 e. The topological polar surface area (TPSA) is 6.48 Å². The molecule has 0 aromatic carbocycles. The van der Waals surface area contributed by atoms with E-state index in [0.29, 0.717) is 0 Å². The average Bonchev–Trinajstić information content (AvgIpc) is 3.56. The first kappa shape index (κ1) is 38.1. The molecular weight excluding hydrogens is 436 g/mol. The van der Waals surface area contributed by atoms with E-state index in [1.54, 1.807) is 0 Å². The molecule has 0 radical (unpaired) electrons. The second-order valence-corrected chi connectivity index (χ2v) is 13.0. The molecular formula is C34H74N2. The van der Waals surface area contributed by atoms with Crippen LogP contribution in [0.5, 0.6) is 0 Å². The van der Waals surface area contributed by atoms with Gasteiger partial charge in [0.2, 0.25) is 0 Å². The van der Waals surface area contributed by atoms with Crippen molar-refractivity contribution in [1.29, 1.82) is 0 Å². The van der Waals surface area contributed by atoms with Gasteiger partial charge in [0.1, 0.15) is 0 Å². The number of piperidine rings is 1. The molecule has 0 atom stereocenters. The van der Waals surface area contributed by atoms with Gasteiger partial charge in [0.15, 0.2) is 0 Å². The average molecular weight is 511 g/mol. The summed E-state index contributed by atoms with van der Waals surface area (Å²) in [6.45, 7) is 23.8. The fraction of sp³-hybridized carbons (Fsp3) is 1.00. The summed E-state index contributed by atoms with van der Waals surface area (Å²) in [5, 5.41) is 0. The van der Waals surface area contributed by atoms with Crippen molar-refractivity contribution >= 4 is 0 Å². The minimum absolute atomic E-state index is 0. The quantitative estimate of drug-likeness (QED) is 0.371. The smallest absolute Gasteiger partial charge is 0.00385 e. The van der Waals surface area contributed by atoms with E-state index >= 15 is 0 Å². The Hall–Kier alpha value is -0.0800. The summed E-state index contributed by atoms with van der Waals surface area (Å²) in [4.78, 5) is 5.09. The fourth-order valence-electron chi connectivity index (χ4n) is 6.12. The van der Waals surface area contributed by atoms with Gasteiger partial charge in [0.05, 0.1) is 0 Å². The molecule has 0 spiro atoms. The van der Waals surface area contributed by atoms with Crippen LogP contribution >= 0.6 is 0 Å². The minimum atomic E-state index is 0. The van der Waals surface area contributed by atoms with E-state index in [-0.39, 0.29) is 14.9 Å². The molecule has 4 fully saturated rings. The Labute approximate surface area is 231 Å². The molecule has 0 bridgehead atoms. The second kappa shape index (κ2) is 22.9. The summed E-state index contributed by atoms with van der Waals surface area (Å²) in [5.74, 6) is 4.00. The van der Waals surface area contributed by atoms with Crippen LogP contribution in [0, 0.1) is 23.7 Å². The highest BCUT2D eigenvalue weighted by Gasteiger charge is 2.17. The third-order valence-corrected chi connectivity index (χ3v) is 8.93. The van der Waals surface area contributed by atoms with Crippen LogP contribution in [-0.4, -0.2) is 48.1 Å². The normalized spacial score (nSPS) is 21.7. The third kappa shape index (κ3) is 17.4. The van der Waals surface area contributed by atoms with Crippen molar-refractivity contribution in [2.75, 3.05) is 26.2 Å². The van der Waals surface area contributed by atoms with Gasteiger partial charge in [-0.1, -0.05) is 107 Å². The van der Waals surface area contributed by atoms with Crippen LogP contribution in [0.4, 0.5) is 0 Å². The maximum absolute atomic E-state index is 2.56. The predicted octanol–water partition coefficient (Wildman–Crippen LogP) is 10.7. The van der Waals surface area contributed by atoms with Gasteiger partial charge in [-0.05, 0) is 103 Å². The summed E-state index contributed by atoms with van der Waals surface area (Å²) < 4.78 is 0. The Morgan fingerprint density at radius 2 is 0.639 bits per heavy atom. The van der Waals surface area contributed by atoms with Gasteiger partial charge in [-0.3, -0.25) is 0 Å². The van der Waals surface area contributed by atoms with Crippen molar-refractivity contribution in [1.82, 2.24) is 9.80 Å². The standard InChI is InChI=1S/C9H18.C8H17N.C8H16.C7H15N.2CH4/c2*1-8(2)9-6-4-3-5-7-9;2*1-7(2)8-5-3-4-6-8;;/h8-9H,3-7H2,1-2H3;8H,3-7H2,1-2H3;7-8H,3-6H2,1-2H3;7H,3-6H2,1-2H3;2*1H4. The highest BCUT2D eigenvalue weighted by molar-refractivity contribution is 4.70. The number of rotatable bonds is 4. The SMILES string of the molecule is C.C.CC(C)C1CCCC1.CC(C)C1CCCCC1.CC(C)N1CCCC1.CC(C)N1CCCCC1. The fourth-order valence-corrected chi connectivity index (χ4v) is 6.12. The summed E-state index contributed by atoms with van der Waals surface area (Å²) >= 11 is 0. The lowest BCUT2D eigenvalue weighted by molar-refractivity contribution is 0.185. The number of nitrogens with zero attached hydrogens (tertiary/aromatic N) is 2. The Bertz CT molecular complexity index is 390. The summed E-state index contributed by atoms with van der Waals surface area (Å²) in [6.07, 6.45) is 20.5. The zero-order valence-corrected chi connectivity index (χ0v) is 25.1. The zero-order valence-electron chi connectivity index (χ0n) is 25.1. The van der Waals surface area contributed by atoms with Gasteiger partial charge in [-0.2, -0.15) is 0 Å². The van der Waals surface area contributed by atoms with E-state index in [4.69, 9.17) is 0 Å². The Morgan fingerprint density at radius 1 is 0.389 bits per heavy atom. The van der Waals surface area contributed by atoms with Crippen LogP contribution in [0.15, 0.2) is 0 Å². The van der Waals surface area contributed by atoms with Crippen LogP contribution in [-0.2, 0) is 0 Å². The molecule has 2 saturated heterocycles. The molecule has 0 N–H and O–H groups in total. The minimum Gasteiger partial charge on any atom is -0.301 e. The molecule has 2 saturated carbocycles. The first-order valence-electron chi connectivity index (χ1n) is 15.7. The summed E-state index contributed by atoms with van der Waals surface area (Å²) in [6, 6.07) is 1.54.